The molecule has 0 saturated carbocycles. The van der Waals surface area contributed by atoms with Gasteiger partial charge in [0.05, 0.1) is 22.4 Å². The van der Waals surface area contributed by atoms with Crippen molar-refractivity contribution in [1.82, 2.24) is 20.6 Å². The molecule has 6 nitrogen and oxygen atoms in total. The van der Waals surface area contributed by atoms with Crippen LogP contribution < -0.4 is 10.6 Å². The number of carbonyl (C=O) groups is 1. The van der Waals surface area contributed by atoms with Crippen molar-refractivity contribution in [2.45, 2.75) is 18.9 Å². The highest BCUT2D eigenvalue weighted by molar-refractivity contribution is 6.07. The molecule has 3 heterocycles. The standard InChI is InChI=1S/C21H22N4O2/c1-14-4-5-18-16(9-14)17(10-19(25-18)15-3-2-7-22-11-15)20(26)24-13-21(27)6-8-23-12-21/h2-5,7,9-11,23,27H,6,8,12-13H2,1H3,(H,24,26)/t21-/m0/s1. The van der Waals surface area contributed by atoms with Crippen LogP contribution in [0.1, 0.15) is 22.3 Å². The maximum atomic E-state index is 13.0. The van der Waals surface area contributed by atoms with Crippen molar-refractivity contribution in [1.29, 1.82) is 0 Å². The van der Waals surface area contributed by atoms with Crippen LogP contribution in [-0.2, 0) is 0 Å². The SMILES string of the molecule is Cc1ccc2nc(-c3cccnc3)cc(C(=O)NC[C@]3(O)CCNC3)c2c1. The van der Waals surface area contributed by atoms with Crippen molar-refractivity contribution in [2.75, 3.05) is 19.6 Å². The average molecular weight is 362 g/mol. The zero-order chi connectivity index (χ0) is 18.9. The van der Waals surface area contributed by atoms with Crippen LogP contribution in [0.15, 0.2) is 48.8 Å². The second-order valence-electron chi connectivity index (χ2n) is 7.15. The number of hydrogen-bond acceptors (Lipinski definition) is 5. The molecule has 4 rings (SSSR count). The Balaban J connectivity index is 1.73. The Morgan fingerprint density at radius 3 is 2.96 bits per heavy atom. The molecule has 1 amide bonds. The number of carbonyl (C=O) groups excluding carboxylic acids is 1. The molecule has 3 aromatic rings. The van der Waals surface area contributed by atoms with Crippen molar-refractivity contribution in [3.8, 4) is 11.3 Å². The summed E-state index contributed by atoms with van der Waals surface area (Å²) in [6, 6.07) is 11.4. The van der Waals surface area contributed by atoms with Gasteiger partial charge in [0.25, 0.3) is 5.91 Å². The van der Waals surface area contributed by atoms with Crippen molar-refractivity contribution >= 4 is 16.8 Å². The van der Waals surface area contributed by atoms with E-state index in [1.165, 1.54) is 0 Å². The molecule has 0 bridgehead atoms. The molecule has 1 fully saturated rings. The first-order chi connectivity index (χ1) is 13.0. The average Bonchev–Trinajstić information content (AvgIpc) is 3.13. The lowest BCUT2D eigenvalue weighted by Crippen LogP contribution is -2.44. The molecular weight excluding hydrogens is 340 g/mol. The highest BCUT2D eigenvalue weighted by Crippen LogP contribution is 2.25. The number of benzene rings is 1. The molecule has 1 saturated heterocycles. The normalized spacial score (nSPS) is 19.3. The van der Waals surface area contributed by atoms with Gasteiger partial charge in [0.15, 0.2) is 0 Å². The van der Waals surface area contributed by atoms with Gasteiger partial charge in [-0.25, -0.2) is 4.98 Å². The number of aliphatic hydroxyl groups is 1. The van der Waals surface area contributed by atoms with Gasteiger partial charge in [0.1, 0.15) is 0 Å². The van der Waals surface area contributed by atoms with E-state index in [0.717, 1.165) is 28.6 Å². The summed E-state index contributed by atoms with van der Waals surface area (Å²) in [7, 11) is 0. The van der Waals surface area contributed by atoms with Gasteiger partial charge in [-0.1, -0.05) is 11.6 Å². The monoisotopic (exact) mass is 362 g/mol. The van der Waals surface area contributed by atoms with E-state index in [4.69, 9.17) is 4.98 Å². The number of nitrogens with one attached hydrogen (secondary N) is 2. The summed E-state index contributed by atoms with van der Waals surface area (Å²) in [4.78, 5) is 21.8. The Labute approximate surface area is 157 Å². The molecule has 1 aliphatic rings. The number of aromatic nitrogens is 2. The summed E-state index contributed by atoms with van der Waals surface area (Å²) in [5, 5.41) is 17.3. The van der Waals surface area contributed by atoms with Crippen LogP contribution in [-0.4, -0.2) is 46.2 Å². The zero-order valence-electron chi connectivity index (χ0n) is 15.2. The number of nitrogens with zero attached hydrogens (tertiary/aromatic N) is 2. The van der Waals surface area contributed by atoms with E-state index in [2.05, 4.69) is 15.6 Å². The fourth-order valence-electron chi connectivity index (χ4n) is 3.41. The predicted molar refractivity (Wildman–Crippen MR) is 104 cm³/mol. The van der Waals surface area contributed by atoms with Crippen molar-refractivity contribution < 1.29 is 9.90 Å². The Hall–Kier alpha value is -2.83. The van der Waals surface area contributed by atoms with E-state index in [-0.39, 0.29) is 12.5 Å². The highest BCUT2D eigenvalue weighted by atomic mass is 16.3. The fraction of sp³-hybridized carbons (Fsp3) is 0.286. The third-order valence-corrected chi connectivity index (χ3v) is 4.97. The highest BCUT2D eigenvalue weighted by Gasteiger charge is 2.31. The fourth-order valence-corrected chi connectivity index (χ4v) is 3.41. The first-order valence-corrected chi connectivity index (χ1v) is 9.07. The maximum absolute atomic E-state index is 13.0. The minimum Gasteiger partial charge on any atom is -0.387 e. The Kier molecular flexibility index (Phi) is 4.59. The summed E-state index contributed by atoms with van der Waals surface area (Å²) in [6.45, 7) is 3.46. The van der Waals surface area contributed by atoms with Crippen molar-refractivity contribution in [3.63, 3.8) is 0 Å². The number of rotatable bonds is 4. The molecule has 6 heteroatoms. The molecule has 0 aliphatic carbocycles. The first-order valence-electron chi connectivity index (χ1n) is 9.07. The lowest BCUT2D eigenvalue weighted by atomic mass is 10.0. The molecule has 0 spiro atoms. The van der Waals surface area contributed by atoms with E-state index in [1.807, 2.05) is 37.3 Å². The topological polar surface area (TPSA) is 87.1 Å². The number of pyridine rings is 2. The molecule has 1 aliphatic heterocycles. The molecule has 1 atom stereocenters. The summed E-state index contributed by atoms with van der Waals surface area (Å²) in [5.41, 5.74) is 3.04. The van der Waals surface area contributed by atoms with E-state index < -0.39 is 5.60 Å². The van der Waals surface area contributed by atoms with E-state index in [1.54, 1.807) is 18.5 Å². The Bertz CT molecular complexity index is 982. The summed E-state index contributed by atoms with van der Waals surface area (Å²) in [5.74, 6) is -0.210. The maximum Gasteiger partial charge on any atom is 0.252 e. The van der Waals surface area contributed by atoms with E-state index in [0.29, 0.717) is 24.2 Å². The van der Waals surface area contributed by atoms with Gasteiger partial charge in [-0.15, -0.1) is 0 Å². The minimum atomic E-state index is -0.888. The molecule has 138 valence electrons. The smallest absolute Gasteiger partial charge is 0.252 e. The summed E-state index contributed by atoms with van der Waals surface area (Å²) in [6.07, 6.45) is 4.07. The molecule has 0 radical (unpaired) electrons. The number of amides is 1. The van der Waals surface area contributed by atoms with Gasteiger partial charge in [-0.3, -0.25) is 9.78 Å². The Morgan fingerprint density at radius 1 is 1.33 bits per heavy atom. The third-order valence-electron chi connectivity index (χ3n) is 4.97. The van der Waals surface area contributed by atoms with E-state index in [9.17, 15) is 9.90 Å². The second-order valence-corrected chi connectivity index (χ2v) is 7.15. The summed E-state index contributed by atoms with van der Waals surface area (Å²) >= 11 is 0. The number of β-amino-alcohol motifs (C(OH)–C–C–N with tert-alkyl or cyclic N) is 1. The van der Waals surface area contributed by atoms with Crippen LogP contribution in [0.4, 0.5) is 0 Å². The molecule has 0 unspecified atom stereocenters. The van der Waals surface area contributed by atoms with Gasteiger partial charge < -0.3 is 15.7 Å². The molecule has 1 aromatic carbocycles. The minimum absolute atomic E-state index is 0.210. The predicted octanol–water partition coefficient (Wildman–Crippen LogP) is 2.06. The van der Waals surface area contributed by atoms with Crippen LogP contribution in [0.5, 0.6) is 0 Å². The van der Waals surface area contributed by atoms with Crippen molar-refractivity contribution in [2.24, 2.45) is 0 Å². The van der Waals surface area contributed by atoms with Gasteiger partial charge in [-0.2, -0.15) is 0 Å². The molecule has 2 aromatic heterocycles. The van der Waals surface area contributed by atoms with Gasteiger partial charge in [0, 0.05) is 36.4 Å². The van der Waals surface area contributed by atoms with Crippen LogP contribution in [0, 0.1) is 6.92 Å². The lowest BCUT2D eigenvalue weighted by molar-refractivity contribution is 0.0562. The van der Waals surface area contributed by atoms with Crippen LogP contribution in [0.25, 0.3) is 22.2 Å². The first kappa shape index (κ1) is 17.6. The molecular formula is C21H22N4O2. The van der Waals surface area contributed by atoms with Crippen LogP contribution in [0.3, 0.4) is 0 Å². The van der Waals surface area contributed by atoms with Crippen LogP contribution in [0.2, 0.25) is 0 Å². The second kappa shape index (κ2) is 7.06. The van der Waals surface area contributed by atoms with Crippen molar-refractivity contribution in [3.05, 3.63) is 59.9 Å². The van der Waals surface area contributed by atoms with Gasteiger partial charge >= 0.3 is 0 Å². The Morgan fingerprint density at radius 2 is 2.22 bits per heavy atom. The zero-order valence-corrected chi connectivity index (χ0v) is 15.2. The largest absolute Gasteiger partial charge is 0.387 e. The molecule has 27 heavy (non-hydrogen) atoms. The van der Waals surface area contributed by atoms with Crippen LogP contribution >= 0.6 is 0 Å². The third kappa shape index (κ3) is 3.67. The number of aryl methyl sites for hydroxylation is 1. The van der Waals surface area contributed by atoms with Gasteiger partial charge in [-0.05, 0) is 50.2 Å². The number of hydrogen-bond donors (Lipinski definition) is 3. The number of fused-ring (bicyclic) bond motifs is 1. The quantitative estimate of drug-likeness (QED) is 0.661. The summed E-state index contributed by atoms with van der Waals surface area (Å²) < 4.78 is 0. The van der Waals surface area contributed by atoms with Gasteiger partial charge in [0.2, 0.25) is 0 Å². The molecule has 3 N–H and O–H groups in total. The lowest BCUT2D eigenvalue weighted by Gasteiger charge is -2.22. The van der Waals surface area contributed by atoms with E-state index >= 15 is 0 Å².